The lowest BCUT2D eigenvalue weighted by Gasteiger charge is -2.18. The van der Waals surface area contributed by atoms with Crippen LogP contribution in [-0.4, -0.2) is 17.7 Å². The van der Waals surface area contributed by atoms with Gasteiger partial charge in [0.15, 0.2) is 0 Å². The van der Waals surface area contributed by atoms with E-state index in [0.717, 1.165) is 0 Å². The summed E-state index contributed by atoms with van der Waals surface area (Å²) in [5, 5.41) is 19.0. The lowest BCUT2D eigenvalue weighted by Crippen LogP contribution is -2.03. The van der Waals surface area contributed by atoms with Gasteiger partial charge in [-0.05, 0) is 31.9 Å². The maximum atomic E-state index is 12.5. The maximum Gasteiger partial charge on any atom is 0.379 e. The summed E-state index contributed by atoms with van der Waals surface area (Å²) < 4.78 is 23.1. The third kappa shape index (κ3) is 5.94. The van der Waals surface area contributed by atoms with Crippen LogP contribution in [-0.2, 0) is 9.09 Å². The summed E-state index contributed by atoms with van der Waals surface area (Å²) in [4.78, 5) is 10.0. The van der Waals surface area contributed by atoms with Gasteiger partial charge < -0.3 is 9.05 Å². The van der Waals surface area contributed by atoms with Gasteiger partial charge >= 0.3 is 7.60 Å². The molecule has 0 aliphatic rings. The van der Waals surface area contributed by atoms with Gasteiger partial charge in [-0.1, -0.05) is 0 Å². The van der Waals surface area contributed by atoms with Crippen LogP contribution in [0.2, 0.25) is 0 Å². The summed E-state index contributed by atoms with van der Waals surface area (Å²) >= 11 is 0. The van der Waals surface area contributed by atoms with Crippen molar-refractivity contribution in [3.8, 4) is 11.8 Å². The number of nitro benzene ring substituents is 1. The fraction of sp³-hybridized carbons (Fsp3) is 0.462. The van der Waals surface area contributed by atoms with Crippen molar-refractivity contribution in [3.63, 3.8) is 0 Å². The first-order valence-electron chi connectivity index (χ1n) is 6.55. The van der Waals surface area contributed by atoms with E-state index in [9.17, 15) is 14.7 Å². The summed E-state index contributed by atoms with van der Waals surface area (Å²) in [6, 6.07) is 7.35. The van der Waals surface area contributed by atoms with Gasteiger partial charge in [-0.3, -0.25) is 10.1 Å². The minimum Gasteiger partial charge on any atom is -0.424 e. The molecule has 0 saturated heterocycles. The van der Waals surface area contributed by atoms with Crippen molar-refractivity contribution in [3.05, 3.63) is 34.4 Å². The number of benzene rings is 1. The summed E-state index contributed by atoms with van der Waals surface area (Å²) in [6.45, 7) is 1.95. The fourth-order valence-electron chi connectivity index (χ4n) is 1.63. The summed E-state index contributed by atoms with van der Waals surface area (Å²) in [7, 11) is -3.30. The average molecular weight is 312 g/mol. The van der Waals surface area contributed by atoms with E-state index in [1.807, 2.05) is 6.07 Å². The molecular formula is C13H17N2O5P. The summed E-state index contributed by atoms with van der Waals surface area (Å²) in [6.07, 6.45) is 1.78. The first-order valence-corrected chi connectivity index (χ1v) is 8.28. The molecule has 1 aromatic carbocycles. The monoisotopic (exact) mass is 312 g/mol. The Kier molecular flexibility index (Phi) is 6.86. The number of non-ortho nitro benzene ring substituents is 1. The zero-order valence-electron chi connectivity index (χ0n) is 11.7. The molecule has 0 heterocycles. The van der Waals surface area contributed by atoms with E-state index in [1.54, 1.807) is 6.92 Å². The van der Waals surface area contributed by atoms with Gasteiger partial charge in [0.05, 0.1) is 23.8 Å². The van der Waals surface area contributed by atoms with E-state index in [1.165, 1.54) is 24.3 Å². The van der Waals surface area contributed by atoms with Crippen LogP contribution in [0.4, 0.5) is 5.69 Å². The maximum absolute atomic E-state index is 12.5. The quantitative estimate of drug-likeness (QED) is 0.296. The van der Waals surface area contributed by atoms with E-state index >= 15 is 0 Å². The van der Waals surface area contributed by atoms with Crippen molar-refractivity contribution >= 4 is 13.3 Å². The number of hydrogen-bond acceptors (Lipinski definition) is 6. The molecule has 0 spiro atoms. The summed E-state index contributed by atoms with van der Waals surface area (Å²) in [5.74, 6) is 0.262. The number of nitro groups is 1. The molecule has 21 heavy (non-hydrogen) atoms. The first-order chi connectivity index (χ1) is 10.0. The fourth-order valence-corrected chi connectivity index (χ4v) is 3.35. The molecule has 1 rings (SSSR count). The van der Waals surface area contributed by atoms with Crippen LogP contribution in [0.1, 0.15) is 26.2 Å². The zero-order valence-corrected chi connectivity index (χ0v) is 12.6. The van der Waals surface area contributed by atoms with E-state index in [4.69, 9.17) is 14.3 Å². The van der Waals surface area contributed by atoms with E-state index in [2.05, 4.69) is 0 Å². The van der Waals surface area contributed by atoms with E-state index in [0.29, 0.717) is 19.3 Å². The Labute approximate surface area is 123 Å². The Morgan fingerprint density at radius 3 is 2.52 bits per heavy atom. The minimum absolute atomic E-state index is 0.0670. The molecule has 1 aromatic rings. The molecule has 7 nitrogen and oxygen atoms in total. The summed E-state index contributed by atoms with van der Waals surface area (Å²) in [5.41, 5.74) is -0.0670. The minimum atomic E-state index is -3.30. The Bertz CT molecular complexity index is 553. The predicted octanol–water partition coefficient (Wildman–Crippen LogP) is 3.90. The molecule has 0 fully saturated rings. The van der Waals surface area contributed by atoms with Crippen molar-refractivity contribution in [2.24, 2.45) is 0 Å². The normalized spacial score (nSPS) is 13.1. The van der Waals surface area contributed by atoms with Gasteiger partial charge in [-0.25, -0.2) is 4.57 Å². The van der Waals surface area contributed by atoms with Gasteiger partial charge in [0.2, 0.25) is 0 Å². The lowest BCUT2D eigenvalue weighted by atomic mass is 10.3. The van der Waals surface area contributed by atoms with E-state index in [-0.39, 0.29) is 24.2 Å². The van der Waals surface area contributed by atoms with Crippen LogP contribution in [0.15, 0.2) is 24.3 Å². The number of hydrogen-bond donors (Lipinski definition) is 0. The van der Waals surface area contributed by atoms with Crippen LogP contribution in [0.25, 0.3) is 0 Å². The molecule has 0 aliphatic carbocycles. The van der Waals surface area contributed by atoms with Crippen LogP contribution in [0.5, 0.6) is 5.75 Å². The van der Waals surface area contributed by atoms with Crippen LogP contribution < -0.4 is 4.52 Å². The predicted molar refractivity (Wildman–Crippen MR) is 77.3 cm³/mol. The number of nitrogens with zero attached hydrogens (tertiary/aromatic N) is 2. The van der Waals surface area contributed by atoms with Crippen molar-refractivity contribution in [2.75, 3.05) is 12.8 Å². The molecule has 1 unspecified atom stereocenters. The molecule has 114 valence electrons. The van der Waals surface area contributed by atoms with Crippen LogP contribution >= 0.6 is 7.60 Å². The molecule has 0 aromatic heterocycles. The highest BCUT2D eigenvalue weighted by atomic mass is 31.2. The van der Waals surface area contributed by atoms with Gasteiger partial charge in [0.25, 0.3) is 5.69 Å². The Morgan fingerprint density at radius 1 is 1.33 bits per heavy atom. The van der Waals surface area contributed by atoms with Gasteiger partial charge in [-0.15, -0.1) is 0 Å². The van der Waals surface area contributed by atoms with Crippen molar-refractivity contribution in [1.29, 1.82) is 5.26 Å². The van der Waals surface area contributed by atoms with Crippen molar-refractivity contribution in [2.45, 2.75) is 26.2 Å². The Hall–Kier alpha value is -1.90. The third-order valence-corrected chi connectivity index (χ3v) is 4.59. The topological polar surface area (TPSA) is 102 Å². The van der Waals surface area contributed by atoms with Crippen molar-refractivity contribution < 1.29 is 18.5 Å². The van der Waals surface area contributed by atoms with Gasteiger partial charge in [-0.2, -0.15) is 5.26 Å². The second kappa shape index (κ2) is 8.40. The number of nitriles is 1. The molecule has 1 atom stereocenters. The van der Waals surface area contributed by atoms with Gasteiger partial charge in [0.1, 0.15) is 5.75 Å². The molecule has 0 saturated carbocycles. The average Bonchev–Trinajstić information content (AvgIpc) is 2.44. The molecule has 0 aliphatic heterocycles. The van der Waals surface area contributed by atoms with Crippen LogP contribution in [0.3, 0.4) is 0 Å². The highest BCUT2D eigenvalue weighted by molar-refractivity contribution is 7.54. The highest BCUT2D eigenvalue weighted by Gasteiger charge is 2.25. The van der Waals surface area contributed by atoms with Crippen molar-refractivity contribution in [1.82, 2.24) is 0 Å². The highest BCUT2D eigenvalue weighted by Crippen LogP contribution is 2.49. The second-order valence-electron chi connectivity index (χ2n) is 4.21. The molecule has 0 amide bonds. The zero-order chi connectivity index (χ0) is 15.7. The van der Waals surface area contributed by atoms with Crippen LogP contribution in [0, 0.1) is 21.4 Å². The molecule has 0 N–H and O–H groups in total. The van der Waals surface area contributed by atoms with Gasteiger partial charge in [0, 0.05) is 18.6 Å². The first kappa shape index (κ1) is 17.2. The Balaban J connectivity index is 2.70. The third-order valence-electron chi connectivity index (χ3n) is 2.59. The number of unbranched alkanes of at least 4 members (excludes halogenated alkanes) is 2. The molecule has 0 radical (unpaired) electrons. The largest absolute Gasteiger partial charge is 0.424 e. The standard InChI is InChI=1S/C13H17N2O5P/c1-2-19-21(18,11-5-3-4-10-14)20-13-8-6-12(7-9-13)15(16)17/h6-9H,2-5,11H2,1H3. The number of rotatable bonds is 9. The smallest absolute Gasteiger partial charge is 0.379 e. The molecule has 8 heteroatoms. The molecular weight excluding hydrogens is 295 g/mol. The second-order valence-corrected chi connectivity index (χ2v) is 6.32. The lowest BCUT2D eigenvalue weighted by molar-refractivity contribution is -0.384. The molecule has 0 bridgehead atoms. The SMILES string of the molecule is CCOP(=O)(CCCCC#N)Oc1ccc([N+](=O)[O-])cc1. The van der Waals surface area contributed by atoms with E-state index < -0.39 is 12.5 Å². The Morgan fingerprint density at radius 2 is 2.00 bits per heavy atom.